The molecule has 0 aromatic heterocycles. The van der Waals surface area contributed by atoms with E-state index in [0.29, 0.717) is 5.57 Å². The van der Waals surface area contributed by atoms with E-state index in [1.807, 2.05) is 0 Å². The molecule has 0 fully saturated rings. The van der Waals surface area contributed by atoms with Gasteiger partial charge in [-0.25, -0.2) is 0 Å². The summed E-state index contributed by atoms with van der Waals surface area (Å²) >= 11 is 0. The highest BCUT2D eigenvalue weighted by Gasteiger charge is 1.94. The minimum atomic E-state index is -0.506. The highest BCUT2D eigenvalue weighted by Crippen LogP contribution is 1.92. The van der Waals surface area contributed by atoms with Gasteiger partial charge < -0.3 is 11.5 Å². The summed E-state index contributed by atoms with van der Waals surface area (Å²) in [7, 11) is 0. The van der Waals surface area contributed by atoms with Crippen LogP contribution in [0.5, 0.6) is 0 Å². The average Bonchev–Trinajstić information content (AvgIpc) is 1.89. The van der Waals surface area contributed by atoms with E-state index in [2.05, 4.69) is 6.58 Å². The fraction of sp³-hybridized carbons (Fsp3) is 0. The van der Waals surface area contributed by atoms with Gasteiger partial charge in [0, 0.05) is 5.57 Å². The van der Waals surface area contributed by atoms with E-state index < -0.39 is 5.91 Å². The van der Waals surface area contributed by atoms with E-state index in [1.165, 1.54) is 24.4 Å². The van der Waals surface area contributed by atoms with Gasteiger partial charge in [0.2, 0.25) is 5.91 Å². The van der Waals surface area contributed by atoms with Crippen LogP contribution in [0, 0.1) is 0 Å². The van der Waals surface area contributed by atoms with Crippen molar-refractivity contribution in [1.29, 1.82) is 0 Å². The van der Waals surface area contributed by atoms with Crippen molar-refractivity contribution in [1.82, 2.24) is 0 Å². The first-order chi connectivity index (χ1) is 4.72. The second kappa shape index (κ2) is 4.38. The lowest BCUT2D eigenvalue weighted by Gasteiger charge is -1.89. The number of allylic oxidation sites excluding steroid dienone is 2. The fourth-order valence-electron chi connectivity index (χ4n) is 0.410. The first-order valence-corrected chi connectivity index (χ1v) is 2.73. The zero-order valence-corrected chi connectivity index (χ0v) is 5.58. The highest BCUT2D eigenvalue weighted by molar-refractivity contribution is 5.94. The van der Waals surface area contributed by atoms with Crippen molar-refractivity contribution in [2.45, 2.75) is 0 Å². The molecule has 0 saturated carbocycles. The summed E-state index contributed by atoms with van der Waals surface area (Å²) in [5, 5.41) is 0. The Hall–Kier alpha value is -1.51. The molecule has 3 nitrogen and oxygen atoms in total. The van der Waals surface area contributed by atoms with Crippen LogP contribution in [0.2, 0.25) is 0 Å². The van der Waals surface area contributed by atoms with Crippen LogP contribution >= 0.6 is 0 Å². The molecule has 4 N–H and O–H groups in total. The van der Waals surface area contributed by atoms with Gasteiger partial charge in [-0.1, -0.05) is 12.7 Å². The van der Waals surface area contributed by atoms with E-state index in [4.69, 9.17) is 11.5 Å². The van der Waals surface area contributed by atoms with E-state index in [1.54, 1.807) is 0 Å². The van der Waals surface area contributed by atoms with Crippen molar-refractivity contribution >= 4 is 5.91 Å². The monoisotopic (exact) mass is 138 g/mol. The van der Waals surface area contributed by atoms with Crippen molar-refractivity contribution < 1.29 is 4.79 Å². The highest BCUT2D eigenvalue weighted by atomic mass is 16.1. The van der Waals surface area contributed by atoms with Gasteiger partial charge in [-0.05, 0) is 18.4 Å². The standard InChI is InChI=1S/C7H10N2O/c1-2-6(7(9)10)4-3-5-8/h2-5H,1,8H2,(H2,9,10)/b5-3+,6-4+. The first-order valence-electron chi connectivity index (χ1n) is 2.73. The second-order valence-corrected chi connectivity index (χ2v) is 1.58. The summed E-state index contributed by atoms with van der Waals surface area (Å²) in [6.07, 6.45) is 5.70. The van der Waals surface area contributed by atoms with Crippen molar-refractivity contribution in [3.05, 3.63) is 36.6 Å². The molecule has 0 atom stereocenters. The number of hydrogen-bond acceptors (Lipinski definition) is 2. The van der Waals surface area contributed by atoms with Gasteiger partial charge >= 0.3 is 0 Å². The summed E-state index contributed by atoms with van der Waals surface area (Å²) in [6, 6.07) is 0. The molecule has 1 amide bonds. The molecule has 10 heavy (non-hydrogen) atoms. The van der Waals surface area contributed by atoms with Crippen LogP contribution in [0.15, 0.2) is 36.6 Å². The zero-order valence-electron chi connectivity index (χ0n) is 5.58. The summed E-state index contributed by atoms with van der Waals surface area (Å²) < 4.78 is 0. The van der Waals surface area contributed by atoms with E-state index in [-0.39, 0.29) is 0 Å². The predicted octanol–water partition coefficient (Wildman–Crippen LogP) is 0.0565. The fourth-order valence-corrected chi connectivity index (χ4v) is 0.410. The Balaban J connectivity index is 4.33. The Morgan fingerprint density at radius 3 is 2.40 bits per heavy atom. The molecule has 0 rings (SSSR count). The van der Waals surface area contributed by atoms with Crippen LogP contribution in [0.4, 0.5) is 0 Å². The summed E-state index contributed by atoms with van der Waals surface area (Å²) in [5.74, 6) is -0.506. The molecule has 0 aromatic carbocycles. The van der Waals surface area contributed by atoms with Crippen LogP contribution in [-0.4, -0.2) is 5.91 Å². The summed E-state index contributed by atoms with van der Waals surface area (Å²) in [6.45, 7) is 3.39. The quantitative estimate of drug-likeness (QED) is 0.427. The van der Waals surface area contributed by atoms with Gasteiger partial charge in [-0.3, -0.25) is 4.79 Å². The Bertz CT molecular complexity index is 192. The largest absolute Gasteiger partial charge is 0.405 e. The number of primary amides is 1. The molecule has 0 spiro atoms. The summed E-state index contributed by atoms with van der Waals surface area (Å²) in [4.78, 5) is 10.4. The minimum Gasteiger partial charge on any atom is -0.405 e. The van der Waals surface area contributed by atoms with Crippen molar-refractivity contribution in [3.63, 3.8) is 0 Å². The van der Waals surface area contributed by atoms with Crippen LogP contribution in [0.1, 0.15) is 0 Å². The Morgan fingerprint density at radius 1 is 1.50 bits per heavy atom. The normalized spacial score (nSPS) is 11.8. The number of carbonyl (C=O) groups excluding carboxylic acids is 1. The maximum Gasteiger partial charge on any atom is 0.248 e. The van der Waals surface area contributed by atoms with Crippen molar-refractivity contribution in [2.75, 3.05) is 0 Å². The van der Waals surface area contributed by atoms with Crippen LogP contribution in [-0.2, 0) is 4.79 Å². The third kappa shape index (κ3) is 2.71. The lowest BCUT2D eigenvalue weighted by molar-refractivity contribution is -0.114. The number of nitrogens with two attached hydrogens (primary N) is 2. The van der Waals surface area contributed by atoms with Crippen LogP contribution in [0.3, 0.4) is 0 Å². The molecule has 0 radical (unpaired) electrons. The topological polar surface area (TPSA) is 69.1 Å². The molecule has 0 aliphatic heterocycles. The van der Waals surface area contributed by atoms with Crippen LogP contribution < -0.4 is 11.5 Å². The molecule has 0 aliphatic rings. The average molecular weight is 138 g/mol. The minimum absolute atomic E-state index is 0.349. The maximum absolute atomic E-state index is 10.4. The second-order valence-electron chi connectivity index (χ2n) is 1.58. The maximum atomic E-state index is 10.4. The number of carbonyl (C=O) groups is 1. The van der Waals surface area contributed by atoms with Gasteiger partial charge in [0.05, 0.1) is 0 Å². The van der Waals surface area contributed by atoms with Crippen LogP contribution in [0.25, 0.3) is 0 Å². The predicted molar refractivity (Wildman–Crippen MR) is 40.8 cm³/mol. The van der Waals surface area contributed by atoms with Gasteiger partial charge in [0.25, 0.3) is 0 Å². The number of amides is 1. The number of hydrogen-bond donors (Lipinski definition) is 2. The molecule has 3 heteroatoms. The molecule has 0 bridgehead atoms. The zero-order chi connectivity index (χ0) is 7.98. The van der Waals surface area contributed by atoms with Gasteiger partial charge in [-0.2, -0.15) is 0 Å². The van der Waals surface area contributed by atoms with Gasteiger partial charge in [-0.15, -0.1) is 0 Å². The molecule has 0 saturated heterocycles. The van der Waals surface area contributed by atoms with Gasteiger partial charge in [0.1, 0.15) is 0 Å². The Labute approximate surface area is 59.7 Å². The SMILES string of the molecule is C=C/C(=C\C=C\N)C(N)=O. The van der Waals surface area contributed by atoms with E-state index in [9.17, 15) is 4.79 Å². The molecule has 0 unspecified atom stereocenters. The smallest absolute Gasteiger partial charge is 0.248 e. The first kappa shape index (κ1) is 8.49. The number of rotatable bonds is 3. The molecule has 0 aromatic rings. The van der Waals surface area contributed by atoms with Crippen molar-refractivity contribution in [3.8, 4) is 0 Å². The molecular formula is C7H10N2O. The summed E-state index contributed by atoms with van der Waals surface area (Å²) in [5.41, 5.74) is 10.3. The third-order valence-corrected chi connectivity index (χ3v) is 0.891. The molecule has 54 valence electrons. The molecule has 0 aliphatic carbocycles. The Kier molecular flexibility index (Phi) is 3.72. The lowest BCUT2D eigenvalue weighted by atomic mass is 10.2. The van der Waals surface area contributed by atoms with Crippen molar-refractivity contribution in [2.24, 2.45) is 11.5 Å². The Morgan fingerprint density at radius 2 is 2.10 bits per heavy atom. The van der Waals surface area contributed by atoms with E-state index in [0.717, 1.165) is 0 Å². The third-order valence-electron chi connectivity index (χ3n) is 0.891. The lowest BCUT2D eigenvalue weighted by Crippen LogP contribution is -2.11. The van der Waals surface area contributed by atoms with Gasteiger partial charge in [0.15, 0.2) is 0 Å². The molecular weight excluding hydrogens is 128 g/mol. The van der Waals surface area contributed by atoms with E-state index >= 15 is 0 Å². The molecule has 0 heterocycles.